The summed E-state index contributed by atoms with van der Waals surface area (Å²) < 4.78 is 11.8. The summed E-state index contributed by atoms with van der Waals surface area (Å²) in [5, 5.41) is 12.0. The molecular formula is C28H28O4Si. The molecule has 33 heavy (non-hydrogen) atoms. The molecule has 0 aliphatic heterocycles. The van der Waals surface area contributed by atoms with E-state index in [1.165, 1.54) is 0 Å². The minimum Gasteiger partial charge on any atom is -0.496 e. The van der Waals surface area contributed by atoms with E-state index in [1.807, 2.05) is 98.0 Å². The number of esters is 1. The summed E-state index contributed by atoms with van der Waals surface area (Å²) in [4.78, 5) is 13.7. The van der Waals surface area contributed by atoms with Crippen LogP contribution in [0.5, 0.6) is 5.75 Å². The molecule has 0 amide bonds. The van der Waals surface area contributed by atoms with Crippen molar-refractivity contribution < 1.29 is 19.4 Å². The zero-order valence-corrected chi connectivity index (χ0v) is 20.2. The standard InChI is InChI=1S/C28H28O4Si/c1-31-25-19-10-9-17-24(25)26(23-18-11-13-20-12-7-8-16-22(20)23)32-27(29)28(30,33(2)3)21-14-5-4-6-15-21/h4-19,26,30,33H,1-3H3/t26?,28-/m0/s1. The number of para-hydroxylation sites is 1. The first-order chi connectivity index (χ1) is 16.0. The van der Waals surface area contributed by atoms with Crippen molar-refractivity contribution in [3.63, 3.8) is 0 Å². The number of methoxy groups -OCH3 is 1. The Morgan fingerprint density at radius 1 is 0.818 bits per heavy atom. The van der Waals surface area contributed by atoms with Crippen LogP contribution >= 0.6 is 0 Å². The van der Waals surface area contributed by atoms with E-state index in [0.29, 0.717) is 11.3 Å². The number of aliphatic hydroxyl groups is 1. The van der Waals surface area contributed by atoms with Gasteiger partial charge in [0.15, 0.2) is 11.3 Å². The number of hydrogen-bond donors (Lipinski definition) is 1. The number of hydrogen-bond acceptors (Lipinski definition) is 4. The fourth-order valence-electron chi connectivity index (χ4n) is 4.23. The number of rotatable bonds is 7. The Hall–Kier alpha value is -3.41. The second-order valence-corrected chi connectivity index (χ2v) is 11.5. The summed E-state index contributed by atoms with van der Waals surface area (Å²) in [6.45, 7) is 3.90. The van der Waals surface area contributed by atoms with Gasteiger partial charge in [0.05, 0.1) is 15.9 Å². The summed E-state index contributed by atoms with van der Waals surface area (Å²) in [6, 6.07) is 30.5. The first-order valence-corrected chi connectivity index (χ1v) is 13.9. The first-order valence-electron chi connectivity index (χ1n) is 11.1. The van der Waals surface area contributed by atoms with Crippen molar-refractivity contribution in [1.82, 2.24) is 0 Å². The Morgan fingerprint density at radius 3 is 2.15 bits per heavy atom. The molecule has 4 rings (SSSR count). The smallest absolute Gasteiger partial charge is 0.339 e. The van der Waals surface area contributed by atoms with E-state index in [1.54, 1.807) is 19.2 Å². The predicted molar refractivity (Wildman–Crippen MR) is 134 cm³/mol. The SMILES string of the molecule is COc1ccccc1C(OC(=O)[C@](O)(c1ccccc1)[SiH](C)C)c1cccc2ccccc12. The first kappa shape index (κ1) is 22.8. The van der Waals surface area contributed by atoms with E-state index in [-0.39, 0.29) is 0 Å². The molecule has 2 atom stereocenters. The van der Waals surface area contributed by atoms with Gasteiger partial charge >= 0.3 is 5.97 Å². The van der Waals surface area contributed by atoms with Gasteiger partial charge < -0.3 is 14.6 Å². The van der Waals surface area contributed by atoms with Crippen LogP contribution in [0, 0.1) is 0 Å². The van der Waals surface area contributed by atoms with E-state index in [9.17, 15) is 9.90 Å². The summed E-state index contributed by atoms with van der Waals surface area (Å²) >= 11 is 0. The van der Waals surface area contributed by atoms with Gasteiger partial charge in [0.1, 0.15) is 5.75 Å². The largest absolute Gasteiger partial charge is 0.496 e. The van der Waals surface area contributed by atoms with Gasteiger partial charge in [-0.25, -0.2) is 4.79 Å². The summed E-state index contributed by atoms with van der Waals surface area (Å²) in [6.07, 6.45) is -0.747. The lowest BCUT2D eigenvalue weighted by molar-refractivity contribution is -0.162. The van der Waals surface area contributed by atoms with Crippen molar-refractivity contribution in [2.24, 2.45) is 0 Å². The normalized spacial score (nSPS) is 14.0. The molecule has 0 fully saturated rings. The fraction of sp³-hybridized carbons (Fsp3) is 0.179. The predicted octanol–water partition coefficient (Wildman–Crippen LogP) is 5.39. The third kappa shape index (κ3) is 4.30. The minimum absolute atomic E-state index is 0.563. The summed E-state index contributed by atoms with van der Waals surface area (Å²) in [5.74, 6) is -0.0208. The number of carbonyl (C=O) groups is 1. The quantitative estimate of drug-likeness (QED) is 0.299. The van der Waals surface area contributed by atoms with Gasteiger partial charge in [0.25, 0.3) is 0 Å². The van der Waals surface area contributed by atoms with Crippen LogP contribution in [0.2, 0.25) is 13.1 Å². The maximum atomic E-state index is 13.7. The zero-order valence-electron chi connectivity index (χ0n) is 19.1. The third-order valence-electron chi connectivity index (χ3n) is 6.11. The Kier molecular flexibility index (Phi) is 6.63. The molecule has 168 valence electrons. The van der Waals surface area contributed by atoms with E-state index in [2.05, 4.69) is 0 Å². The molecule has 1 N–H and O–H groups in total. The minimum atomic E-state index is -1.95. The summed E-state index contributed by atoms with van der Waals surface area (Å²) in [7, 11) is -0.352. The van der Waals surface area contributed by atoms with Gasteiger partial charge in [-0.2, -0.15) is 0 Å². The van der Waals surface area contributed by atoms with Crippen LogP contribution in [-0.2, 0) is 14.8 Å². The lowest BCUT2D eigenvalue weighted by Gasteiger charge is -2.32. The highest BCUT2D eigenvalue weighted by molar-refractivity contribution is 6.63. The van der Waals surface area contributed by atoms with Crippen LogP contribution < -0.4 is 4.74 Å². The molecular weight excluding hydrogens is 428 g/mol. The monoisotopic (exact) mass is 456 g/mol. The molecule has 0 aromatic heterocycles. The van der Waals surface area contributed by atoms with E-state index < -0.39 is 26.1 Å². The van der Waals surface area contributed by atoms with Crippen molar-refractivity contribution in [1.29, 1.82) is 0 Å². The van der Waals surface area contributed by atoms with Crippen LogP contribution in [0.3, 0.4) is 0 Å². The molecule has 0 heterocycles. The van der Waals surface area contributed by atoms with Crippen LogP contribution in [-0.4, -0.2) is 27.0 Å². The lowest BCUT2D eigenvalue weighted by Crippen LogP contribution is -2.48. The number of benzene rings is 4. The van der Waals surface area contributed by atoms with Gasteiger partial charge in [-0.3, -0.25) is 0 Å². The highest BCUT2D eigenvalue weighted by Gasteiger charge is 2.44. The molecule has 4 nitrogen and oxygen atoms in total. The highest BCUT2D eigenvalue weighted by Crippen LogP contribution is 2.38. The molecule has 1 unspecified atom stereocenters. The van der Waals surface area contributed by atoms with Crippen LogP contribution in [0.1, 0.15) is 22.8 Å². The molecule has 5 heteroatoms. The van der Waals surface area contributed by atoms with Crippen molar-refractivity contribution in [2.75, 3.05) is 7.11 Å². The van der Waals surface area contributed by atoms with Crippen molar-refractivity contribution >= 4 is 25.5 Å². The molecule has 0 aliphatic carbocycles. The maximum absolute atomic E-state index is 13.7. The average molecular weight is 457 g/mol. The molecule has 0 bridgehead atoms. The van der Waals surface area contributed by atoms with Gasteiger partial charge in [-0.15, -0.1) is 0 Å². The lowest BCUT2D eigenvalue weighted by atomic mass is 9.95. The summed E-state index contributed by atoms with van der Waals surface area (Å²) in [5.41, 5.74) is 2.13. The Balaban J connectivity index is 1.86. The van der Waals surface area contributed by atoms with Crippen LogP contribution in [0.25, 0.3) is 10.8 Å². The van der Waals surface area contributed by atoms with E-state index >= 15 is 0 Å². The number of ether oxygens (including phenoxy) is 2. The van der Waals surface area contributed by atoms with Crippen molar-refractivity contribution in [2.45, 2.75) is 24.4 Å². The molecule has 0 saturated carbocycles. The molecule has 0 saturated heterocycles. The Morgan fingerprint density at radius 2 is 1.42 bits per heavy atom. The fourth-order valence-corrected chi connectivity index (χ4v) is 5.63. The van der Waals surface area contributed by atoms with Gasteiger partial charge in [0.2, 0.25) is 0 Å². The van der Waals surface area contributed by atoms with Gasteiger partial charge in [-0.1, -0.05) is 104 Å². The molecule has 0 radical (unpaired) electrons. The van der Waals surface area contributed by atoms with Crippen molar-refractivity contribution in [3.8, 4) is 5.75 Å². The van der Waals surface area contributed by atoms with Gasteiger partial charge in [-0.05, 0) is 22.4 Å². The zero-order chi connectivity index (χ0) is 23.4. The Bertz CT molecular complexity index is 1250. The van der Waals surface area contributed by atoms with Crippen LogP contribution in [0.4, 0.5) is 0 Å². The van der Waals surface area contributed by atoms with E-state index in [4.69, 9.17) is 9.47 Å². The average Bonchev–Trinajstić information content (AvgIpc) is 2.86. The molecule has 0 aliphatic rings. The number of carbonyl (C=O) groups excluding carboxylic acids is 1. The molecule has 4 aromatic carbocycles. The van der Waals surface area contributed by atoms with Crippen molar-refractivity contribution in [3.05, 3.63) is 114 Å². The number of fused-ring (bicyclic) bond motifs is 1. The van der Waals surface area contributed by atoms with E-state index in [0.717, 1.165) is 21.9 Å². The van der Waals surface area contributed by atoms with Crippen LogP contribution in [0.15, 0.2) is 97.1 Å². The highest BCUT2D eigenvalue weighted by atomic mass is 28.3. The molecule has 4 aromatic rings. The second kappa shape index (κ2) is 9.61. The third-order valence-corrected chi connectivity index (χ3v) is 8.35. The van der Waals surface area contributed by atoms with Gasteiger partial charge in [0, 0.05) is 11.1 Å². The topological polar surface area (TPSA) is 55.8 Å². The Labute approximate surface area is 196 Å². The second-order valence-electron chi connectivity index (χ2n) is 8.38. The maximum Gasteiger partial charge on any atom is 0.339 e. The molecule has 0 spiro atoms.